The molecule has 0 spiro atoms. The van der Waals surface area contributed by atoms with E-state index >= 15 is 0 Å². The summed E-state index contributed by atoms with van der Waals surface area (Å²) in [5.74, 6) is 1.01. The number of hydrogen-bond acceptors (Lipinski definition) is 8. The lowest BCUT2D eigenvalue weighted by molar-refractivity contribution is -0.123. The minimum atomic E-state index is -0.591. The van der Waals surface area contributed by atoms with E-state index in [2.05, 4.69) is 10.5 Å². The van der Waals surface area contributed by atoms with Crippen molar-refractivity contribution in [3.63, 3.8) is 0 Å². The van der Waals surface area contributed by atoms with Crippen molar-refractivity contribution < 1.29 is 33.3 Å². The Balaban J connectivity index is 1.55. The van der Waals surface area contributed by atoms with Crippen LogP contribution in [0.5, 0.6) is 28.7 Å². The van der Waals surface area contributed by atoms with Gasteiger partial charge >= 0.3 is 5.97 Å². The number of amides is 1. The van der Waals surface area contributed by atoms with Gasteiger partial charge in [0.1, 0.15) is 11.5 Å². The van der Waals surface area contributed by atoms with E-state index in [1.54, 1.807) is 36.4 Å². The summed E-state index contributed by atoms with van der Waals surface area (Å²) in [7, 11) is 4.41. The number of ether oxygens (including phenoxy) is 5. The summed E-state index contributed by atoms with van der Waals surface area (Å²) in [6.07, 6.45) is 1.46. The maximum Gasteiger partial charge on any atom is 0.343 e. The summed E-state index contributed by atoms with van der Waals surface area (Å²) >= 11 is 0. The molecule has 0 unspecified atom stereocenters. The largest absolute Gasteiger partial charge is 0.493 e. The second-order valence-corrected chi connectivity index (χ2v) is 6.77. The minimum Gasteiger partial charge on any atom is -0.493 e. The predicted molar refractivity (Wildman–Crippen MR) is 125 cm³/mol. The van der Waals surface area contributed by atoms with E-state index in [4.69, 9.17) is 23.7 Å². The average molecular weight is 464 g/mol. The highest BCUT2D eigenvalue weighted by Crippen LogP contribution is 2.38. The van der Waals surface area contributed by atoms with E-state index in [1.165, 1.54) is 39.7 Å². The van der Waals surface area contributed by atoms with Gasteiger partial charge in [0.2, 0.25) is 5.75 Å². The molecule has 3 aromatic rings. The molecule has 176 valence electrons. The molecular weight excluding hydrogens is 440 g/mol. The first-order valence-corrected chi connectivity index (χ1v) is 10.2. The topological polar surface area (TPSA) is 105 Å². The molecule has 0 saturated carbocycles. The van der Waals surface area contributed by atoms with Crippen LogP contribution in [-0.2, 0) is 4.79 Å². The Kier molecular flexibility index (Phi) is 8.45. The highest BCUT2D eigenvalue weighted by atomic mass is 16.5. The van der Waals surface area contributed by atoms with Gasteiger partial charge in [0.05, 0.1) is 33.1 Å². The van der Waals surface area contributed by atoms with Crippen molar-refractivity contribution in [1.29, 1.82) is 0 Å². The Hall–Kier alpha value is -4.53. The maximum absolute atomic E-state index is 12.6. The summed E-state index contributed by atoms with van der Waals surface area (Å²) in [5, 5.41) is 3.89. The lowest BCUT2D eigenvalue weighted by atomic mass is 10.2. The highest BCUT2D eigenvalue weighted by Gasteiger charge is 2.18. The number of carbonyl (C=O) groups excluding carboxylic acids is 2. The van der Waals surface area contributed by atoms with Gasteiger partial charge in [-0.25, -0.2) is 10.2 Å². The van der Waals surface area contributed by atoms with Gasteiger partial charge in [-0.2, -0.15) is 5.10 Å². The molecule has 0 fully saturated rings. The zero-order valence-electron chi connectivity index (χ0n) is 18.9. The van der Waals surface area contributed by atoms with Gasteiger partial charge in [-0.3, -0.25) is 4.79 Å². The molecule has 0 bridgehead atoms. The van der Waals surface area contributed by atoms with Crippen molar-refractivity contribution in [3.8, 4) is 28.7 Å². The molecule has 0 heterocycles. The molecule has 1 N–H and O–H groups in total. The number of carbonyl (C=O) groups is 2. The summed E-state index contributed by atoms with van der Waals surface area (Å²) < 4.78 is 26.6. The summed E-state index contributed by atoms with van der Waals surface area (Å²) in [4.78, 5) is 24.4. The molecule has 34 heavy (non-hydrogen) atoms. The molecular formula is C25H24N2O7. The van der Waals surface area contributed by atoms with Crippen LogP contribution in [0.1, 0.15) is 15.9 Å². The number of benzene rings is 3. The molecule has 0 aliphatic heterocycles. The summed E-state index contributed by atoms with van der Waals surface area (Å²) in [6.45, 7) is -0.156. The summed E-state index contributed by atoms with van der Waals surface area (Å²) in [6, 6.07) is 18.6. The first kappa shape index (κ1) is 24.1. The zero-order chi connectivity index (χ0) is 24.3. The number of nitrogens with zero attached hydrogens (tertiary/aromatic N) is 1. The second-order valence-electron chi connectivity index (χ2n) is 6.77. The molecule has 3 aromatic carbocycles. The third kappa shape index (κ3) is 6.49. The lowest BCUT2D eigenvalue weighted by Gasteiger charge is -2.13. The van der Waals surface area contributed by atoms with Crippen molar-refractivity contribution in [3.05, 3.63) is 77.9 Å². The molecule has 0 radical (unpaired) electrons. The Morgan fingerprint density at radius 2 is 1.50 bits per heavy atom. The number of rotatable bonds is 10. The number of methoxy groups -OCH3 is 3. The van der Waals surface area contributed by atoms with E-state index < -0.39 is 11.9 Å². The molecule has 9 heteroatoms. The second kappa shape index (κ2) is 11.9. The van der Waals surface area contributed by atoms with Crippen molar-refractivity contribution in [2.24, 2.45) is 5.10 Å². The SMILES string of the molecule is COc1cc(C(=O)Oc2ccc(/C=N/NC(=O)COc3ccccc3)cc2)cc(OC)c1OC. The standard InChI is InChI=1S/C25H24N2O7/c1-30-21-13-18(14-22(31-2)24(21)32-3)25(29)34-20-11-9-17(10-12-20)15-26-27-23(28)16-33-19-7-5-4-6-8-19/h4-15H,16H2,1-3H3,(H,27,28)/b26-15+. The first-order chi connectivity index (χ1) is 16.5. The normalized spacial score (nSPS) is 10.4. The fraction of sp³-hybridized carbons (Fsp3) is 0.160. The van der Waals surface area contributed by atoms with Crippen LogP contribution in [0.2, 0.25) is 0 Å². The molecule has 0 aliphatic rings. The van der Waals surface area contributed by atoms with Crippen LogP contribution in [0.3, 0.4) is 0 Å². The van der Waals surface area contributed by atoms with Crippen LogP contribution in [0.4, 0.5) is 0 Å². The van der Waals surface area contributed by atoms with Gasteiger partial charge in [-0.15, -0.1) is 0 Å². The Morgan fingerprint density at radius 1 is 0.853 bits per heavy atom. The van der Waals surface area contributed by atoms with Crippen LogP contribution in [-0.4, -0.2) is 46.0 Å². The maximum atomic E-state index is 12.6. The van der Waals surface area contributed by atoms with Gasteiger partial charge < -0.3 is 23.7 Å². The monoisotopic (exact) mass is 464 g/mol. The average Bonchev–Trinajstić information content (AvgIpc) is 2.88. The zero-order valence-corrected chi connectivity index (χ0v) is 18.9. The lowest BCUT2D eigenvalue weighted by Crippen LogP contribution is -2.24. The molecule has 9 nitrogen and oxygen atoms in total. The van der Waals surface area contributed by atoms with Gasteiger partial charge in [-0.05, 0) is 54.1 Å². The fourth-order valence-electron chi connectivity index (χ4n) is 2.86. The van der Waals surface area contributed by atoms with Crippen LogP contribution >= 0.6 is 0 Å². The molecule has 0 atom stereocenters. The molecule has 0 saturated heterocycles. The molecule has 3 rings (SSSR count). The van der Waals surface area contributed by atoms with E-state index in [0.717, 1.165) is 0 Å². The Morgan fingerprint density at radius 3 is 2.09 bits per heavy atom. The predicted octanol–water partition coefficient (Wildman–Crippen LogP) is 3.46. The van der Waals surface area contributed by atoms with Crippen LogP contribution in [0.25, 0.3) is 0 Å². The van der Waals surface area contributed by atoms with Crippen molar-refractivity contribution in [2.75, 3.05) is 27.9 Å². The minimum absolute atomic E-state index is 0.156. The molecule has 0 aromatic heterocycles. The Labute approximate surface area is 196 Å². The van der Waals surface area contributed by atoms with Crippen molar-refractivity contribution in [2.45, 2.75) is 0 Å². The third-order valence-corrected chi connectivity index (χ3v) is 4.51. The van der Waals surface area contributed by atoms with E-state index in [9.17, 15) is 9.59 Å². The van der Waals surface area contributed by atoms with E-state index in [1.807, 2.05) is 18.2 Å². The van der Waals surface area contributed by atoms with E-state index in [0.29, 0.717) is 34.3 Å². The highest BCUT2D eigenvalue weighted by molar-refractivity contribution is 5.93. The van der Waals surface area contributed by atoms with Crippen LogP contribution < -0.4 is 29.1 Å². The summed E-state index contributed by atoms with van der Waals surface area (Å²) in [5.41, 5.74) is 3.32. The molecule has 0 aliphatic carbocycles. The number of hydrogen-bond donors (Lipinski definition) is 1. The number of nitrogens with one attached hydrogen (secondary N) is 1. The number of hydrazone groups is 1. The third-order valence-electron chi connectivity index (χ3n) is 4.51. The number of esters is 1. The van der Waals surface area contributed by atoms with Gasteiger partial charge in [0.15, 0.2) is 18.1 Å². The quantitative estimate of drug-likeness (QED) is 0.212. The fourth-order valence-corrected chi connectivity index (χ4v) is 2.86. The Bertz CT molecular complexity index is 1120. The smallest absolute Gasteiger partial charge is 0.343 e. The first-order valence-electron chi connectivity index (χ1n) is 10.2. The van der Waals surface area contributed by atoms with Gasteiger partial charge in [-0.1, -0.05) is 18.2 Å². The van der Waals surface area contributed by atoms with Gasteiger partial charge in [0.25, 0.3) is 5.91 Å². The van der Waals surface area contributed by atoms with E-state index in [-0.39, 0.29) is 12.2 Å². The molecule has 1 amide bonds. The van der Waals surface area contributed by atoms with Gasteiger partial charge in [0, 0.05) is 0 Å². The van der Waals surface area contributed by atoms with Crippen molar-refractivity contribution >= 4 is 18.1 Å². The number of para-hydroxylation sites is 1. The van der Waals surface area contributed by atoms with Crippen LogP contribution in [0, 0.1) is 0 Å². The van der Waals surface area contributed by atoms with Crippen LogP contribution in [0.15, 0.2) is 71.8 Å². The van der Waals surface area contributed by atoms with Crippen molar-refractivity contribution in [1.82, 2.24) is 5.43 Å².